The summed E-state index contributed by atoms with van der Waals surface area (Å²) in [6.45, 7) is 4.71. The Morgan fingerprint density at radius 2 is 2.35 bits per heavy atom. The molecule has 1 aliphatic rings. The molecular formula is C14H25ClN4O. The van der Waals surface area contributed by atoms with Gasteiger partial charge in [0.1, 0.15) is 11.0 Å². The third-order valence-electron chi connectivity index (χ3n) is 3.98. The quantitative estimate of drug-likeness (QED) is 0.778. The van der Waals surface area contributed by atoms with Gasteiger partial charge in [-0.15, -0.1) is 0 Å². The van der Waals surface area contributed by atoms with Gasteiger partial charge in [-0.1, -0.05) is 18.0 Å². The topological polar surface area (TPSA) is 42.3 Å². The monoisotopic (exact) mass is 300 g/mol. The Hall–Kier alpha value is -0.620. The van der Waals surface area contributed by atoms with Gasteiger partial charge < -0.3 is 14.6 Å². The summed E-state index contributed by atoms with van der Waals surface area (Å²) in [5.41, 5.74) is 0. The van der Waals surface area contributed by atoms with Crippen molar-refractivity contribution in [3.63, 3.8) is 0 Å². The first-order valence-corrected chi connectivity index (χ1v) is 7.70. The fraction of sp³-hybridized carbons (Fsp3) is 0.786. The van der Waals surface area contributed by atoms with Crippen LogP contribution in [0.3, 0.4) is 0 Å². The van der Waals surface area contributed by atoms with Crippen molar-refractivity contribution in [3.8, 4) is 0 Å². The molecule has 0 amide bonds. The lowest BCUT2D eigenvalue weighted by molar-refractivity contribution is 0.129. The fourth-order valence-corrected chi connectivity index (χ4v) is 2.84. The molecule has 1 aliphatic heterocycles. The number of methoxy groups -OCH3 is 1. The molecule has 6 heteroatoms. The fourth-order valence-electron chi connectivity index (χ4n) is 2.70. The molecular weight excluding hydrogens is 276 g/mol. The van der Waals surface area contributed by atoms with E-state index in [0.717, 1.165) is 38.6 Å². The van der Waals surface area contributed by atoms with Crippen LogP contribution in [-0.4, -0.2) is 53.8 Å². The average Bonchev–Trinajstić information content (AvgIpc) is 2.77. The molecule has 0 spiro atoms. The number of hydrogen-bond acceptors (Lipinski definition) is 4. The van der Waals surface area contributed by atoms with Crippen molar-refractivity contribution in [2.75, 3.05) is 33.4 Å². The summed E-state index contributed by atoms with van der Waals surface area (Å²) >= 11 is 6.06. The van der Waals surface area contributed by atoms with Crippen molar-refractivity contribution in [1.29, 1.82) is 0 Å². The van der Waals surface area contributed by atoms with Crippen molar-refractivity contribution < 1.29 is 4.74 Å². The van der Waals surface area contributed by atoms with Crippen LogP contribution >= 0.6 is 11.6 Å². The van der Waals surface area contributed by atoms with Gasteiger partial charge in [0.25, 0.3) is 0 Å². The Morgan fingerprint density at radius 1 is 1.50 bits per heavy atom. The third kappa shape index (κ3) is 4.19. The predicted molar refractivity (Wildman–Crippen MR) is 81.0 cm³/mol. The van der Waals surface area contributed by atoms with Gasteiger partial charge in [-0.3, -0.25) is 4.90 Å². The lowest BCUT2D eigenvalue weighted by atomic mass is 10.0. The summed E-state index contributed by atoms with van der Waals surface area (Å²) < 4.78 is 7.03. The molecule has 1 unspecified atom stereocenters. The minimum atomic E-state index is 0.580. The highest BCUT2D eigenvalue weighted by atomic mass is 35.5. The van der Waals surface area contributed by atoms with Crippen molar-refractivity contribution in [2.24, 2.45) is 7.05 Å². The maximum Gasteiger partial charge on any atom is 0.128 e. The van der Waals surface area contributed by atoms with E-state index in [0.29, 0.717) is 11.2 Å². The minimum Gasteiger partial charge on any atom is -0.383 e. The summed E-state index contributed by atoms with van der Waals surface area (Å²) in [5.74, 6) is 1.04. The van der Waals surface area contributed by atoms with Crippen LogP contribution in [0.2, 0.25) is 5.15 Å². The lowest BCUT2D eigenvalue weighted by Gasteiger charge is -2.35. The molecule has 1 atom stereocenters. The maximum atomic E-state index is 6.06. The number of imidazole rings is 1. The van der Waals surface area contributed by atoms with Crippen LogP contribution in [0, 0.1) is 0 Å². The molecule has 1 N–H and O–H groups in total. The van der Waals surface area contributed by atoms with Crippen LogP contribution in [0.5, 0.6) is 0 Å². The number of ether oxygens (including phenoxy) is 1. The van der Waals surface area contributed by atoms with Gasteiger partial charge in [-0.2, -0.15) is 0 Å². The molecule has 1 saturated heterocycles. The molecule has 0 aliphatic carbocycles. The van der Waals surface area contributed by atoms with Crippen molar-refractivity contribution >= 4 is 11.6 Å². The second-order valence-corrected chi connectivity index (χ2v) is 5.76. The Morgan fingerprint density at radius 3 is 3.05 bits per heavy atom. The summed E-state index contributed by atoms with van der Waals surface area (Å²) in [7, 11) is 3.71. The third-order valence-corrected chi connectivity index (χ3v) is 4.34. The van der Waals surface area contributed by atoms with Crippen LogP contribution in [0.1, 0.15) is 25.1 Å². The van der Waals surface area contributed by atoms with Gasteiger partial charge in [-0.25, -0.2) is 4.98 Å². The zero-order valence-electron chi connectivity index (χ0n) is 12.4. The minimum absolute atomic E-state index is 0.580. The van der Waals surface area contributed by atoms with Gasteiger partial charge in [0, 0.05) is 33.3 Å². The zero-order chi connectivity index (χ0) is 14.4. The number of aromatic nitrogens is 2. The van der Waals surface area contributed by atoms with Crippen molar-refractivity contribution in [2.45, 2.75) is 31.8 Å². The Bertz CT molecular complexity index is 410. The second-order valence-electron chi connectivity index (χ2n) is 5.37. The number of likely N-dealkylation sites (tertiary alicyclic amines) is 1. The van der Waals surface area contributed by atoms with E-state index in [-0.39, 0.29) is 0 Å². The standard InChI is InChI=1S/C14H25ClN4O/c1-18-13(15)10-17-14(18)11-19-7-4-3-5-12(19)9-16-6-8-20-2/h10,12,16H,3-9,11H2,1-2H3. The summed E-state index contributed by atoms with van der Waals surface area (Å²) in [4.78, 5) is 6.92. The number of nitrogens with one attached hydrogen (secondary N) is 1. The smallest absolute Gasteiger partial charge is 0.128 e. The summed E-state index contributed by atoms with van der Waals surface area (Å²) in [6, 6.07) is 0.580. The SMILES string of the molecule is COCCNCC1CCCCN1Cc1ncc(Cl)n1C. The zero-order valence-corrected chi connectivity index (χ0v) is 13.2. The van der Waals surface area contributed by atoms with Gasteiger partial charge >= 0.3 is 0 Å². The van der Waals surface area contributed by atoms with E-state index in [1.54, 1.807) is 13.3 Å². The molecule has 0 radical (unpaired) electrons. The highest BCUT2D eigenvalue weighted by Crippen LogP contribution is 2.20. The van der Waals surface area contributed by atoms with Crippen LogP contribution in [-0.2, 0) is 18.3 Å². The summed E-state index contributed by atoms with van der Waals surface area (Å²) in [6.07, 6.45) is 5.56. The van der Waals surface area contributed by atoms with Crippen LogP contribution in [0.4, 0.5) is 0 Å². The first-order chi connectivity index (χ1) is 9.72. The van der Waals surface area contributed by atoms with E-state index in [1.807, 2.05) is 11.6 Å². The molecule has 114 valence electrons. The highest BCUT2D eigenvalue weighted by molar-refractivity contribution is 6.29. The molecule has 0 bridgehead atoms. The van der Waals surface area contributed by atoms with Gasteiger partial charge in [0.2, 0.25) is 0 Å². The summed E-state index contributed by atoms with van der Waals surface area (Å²) in [5, 5.41) is 4.17. The number of nitrogens with zero attached hydrogens (tertiary/aromatic N) is 3. The number of halogens is 1. The van der Waals surface area contributed by atoms with Crippen molar-refractivity contribution in [1.82, 2.24) is 19.8 Å². The van der Waals surface area contributed by atoms with Gasteiger partial charge in [-0.05, 0) is 19.4 Å². The van der Waals surface area contributed by atoms with Gasteiger partial charge in [0.15, 0.2) is 0 Å². The highest BCUT2D eigenvalue weighted by Gasteiger charge is 2.23. The lowest BCUT2D eigenvalue weighted by Crippen LogP contribution is -2.45. The van der Waals surface area contributed by atoms with Crippen molar-refractivity contribution in [3.05, 3.63) is 17.2 Å². The molecule has 2 rings (SSSR count). The van der Waals surface area contributed by atoms with Crippen LogP contribution in [0.25, 0.3) is 0 Å². The van der Waals surface area contributed by atoms with Gasteiger partial charge in [0.05, 0.1) is 19.3 Å². The maximum absolute atomic E-state index is 6.06. The largest absolute Gasteiger partial charge is 0.383 e. The molecule has 0 saturated carbocycles. The first kappa shape index (κ1) is 15.8. The number of piperidine rings is 1. The molecule has 2 heterocycles. The molecule has 1 aromatic rings. The Labute approximate surface area is 126 Å². The average molecular weight is 301 g/mol. The van der Waals surface area contributed by atoms with E-state index in [1.165, 1.54) is 19.3 Å². The van der Waals surface area contributed by atoms with E-state index in [2.05, 4.69) is 15.2 Å². The van der Waals surface area contributed by atoms with E-state index >= 15 is 0 Å². The Balaban J connectivity index is 1.88. The molecule has 0 aromatic carbocycles. The number of rotatable bonds is 7. The Kier molecular flexibility index (Phi) is 6.29. The van der Waals surface area contributed by atoms with E-state index < -0.39 is 0 Å². The molecule has 20 heavy (non-hydrogen) atoms. The normalized spacial score (nSPS) is 20.4. The number of hydrogen-bond donors (Lipinski definition) is 1. The van der Waals surface area contributed by atoms with Crippen LogP contribution < -0.4 is 5.32 Å². The first-order valence-electron chi connectivity index (χ1n) is 7.32. The molecule has 1 fully saturated rings. The van der Waals surface area contributed by atoms with E-state index in [4.69, 9.17) is 16.3 Å². The van der Waals surface area contributed by atoms with Crippen LogP contribution in [0.15, 0.2) is 6.20 Å². The predicted octanol–water partition coefficient (Wildman–Crippen LogP) is 1.66. The molecule has 1 aromatic heterocycles. The molecule has 5 nitrogen and oxygen atoms in total. The second kappa shape index (κ2) is 7.98. The van der Waals surface area contributed by atoms with E-state index in [9.17, 15) is 0 Å².